The zero-order valence-corrected chi connectivity index (χ0v) is 19.6. The van der Waals surface area contributed by atoms with Crippen LogP contribution in [0.2, 0.25) is 0 Å². The van der Waals surface area contributed by atoms with Crippen LogP contribution in [0.3, 0.4) is 0 Å². The van der Waals surface area contributed by atoms with Gasteiger partial charge in [-0.05, 0) is 60.7 Å². The molecule has 1 saturated heterocycles. The van der Waals surface area contributed by atoms with Crippen molar-refractivity contribution in [2.75, 3.05) is 18.1 Å². The van der Waals surface area contributed by atoms with Gasteiger partial charge in [0.2, 0.25) is 5.91 Å². The van der Waals surface area contributed by atoms with Crippen LogP contribution >= 0.6 is 15.9 Å². The molecule has 1 amide bonds. The summed E-state index contributed by atoms with van der Waals surface area (Å²) in [6.45, 7) is -0.221. The predicted octanol–water partition coefficient (Wildman–Crippen LogP) is 4.45. The molecule has 0 spiro atoms. The summed E-state index contributed by atoms with van der Waals surface area (Å²) < 4.78 is 11.3. The minimum atomic E-state index is -0.624. The molecule has 34 heavy (non-hydrogen) atoms. The van der Waals surface area contributed by atoms with Gasteiger partial charge in [-0.15, -0.1) is 0 Å². The number of carbonyl (C=O) groups is 4. The molecule has 0 aromatic heterocycles. The minimum absolute atomic E-state index is 0.0420. The Kier molecular flexibility index (Phi) is 7.18. The minimum Gasteiger partial charge on any atom is -0.457 e. The van der Waals surface area contributed by atoms with Crippen molar-refractivity contribution in [2.24, 2.45) is 5.92 Å². The smallest absolute Gasteiger partial charge is 0.343 e. The van der Waals surface area contributed by atoms with Gasteiger partial charge in [0.25, 0.3) is 0 Å². The number of hydrogen-bond acceptors (Lipinski definition) is 6. The highest BCUT2D eigenvalue weighted by atomic mass is 79.9. The Morgan fingerprint density at radius 1 is 0.882 bits per heavy atom. The average molecular weight is 522 g/mol. The van der Waals surface area contributed by atoms with E-state index in [4.69, 9.17) is 9.47 Å². The van der Waals surface area contributed by atoms with E-state index in [1.54, 1.807) is 41.3 Å². The molecule has 172 valence electrons. The summed E-state index contributed by atoms with van der Waals surface area (Å²) in [6.07, 6.45) is 0.0420. The van der Waals surface area contributed by atoms with Crippen LogP contribution in [0.1, 0.15) is 27.1 Å². The fraction of sp³-hybridized carbons (Fsp3) is 0.154. The van der Waals surface area contributed by atoms with Crippen molar-refractivity contribution in [3.63, 3.8) is 0 Å². The number of hydrogen-bond donors (Lipinski definition) is 0. The molecule has 1 aliphatic heterocycles. The fourth-order valence-electron chi connectivity index (χ4n) is 3.52. The number of para-hydroxylation sites is 1. The highest BCUT2D eigenvalue weighted by Crippen LogP contribution is 2.25. The summed E-state index contributed by atoms with van der Waals surface area (Å²) in [7, 11) is 0. The highest BCUT2D eigenvalue weighted by Gasteiger charge is 2.36. The Bertz CT molecular complexity index is 1210. The van der Waals surface area contributed by atoms with Crippen molar-refractivity contribution < 1.29 is 28.7 Å². The number of anilines is 1. The maximum absolute atomic E-state index is 12.4. The molecule has 0 unspecified atom stereocenters. The lowest BCUT2D eigenvalue weighted by Crippen LogP contribution is -2.27. The molecular formula is C26H20BrNO6. The third kappa shape index (κ3) is 5.58. The van der Waals surface area contributed by atoms with Gasteiger partial charge < -0.3 is 14.4 Å². The molecule has 0 aliphatic carbocycles. The fourth-order valence-corrected chi connectivity index (χ4v) is 3.79. The number of esters is 2. The van der Waals surface area contributed by atoms with Crippen molar-refractivity contribution >= 4 is 45.2 Å². The second-order valence-corrected chi connectivity index (χ2v) is 8.61. The number of ketones is 1. The number of amides is 1. The van der Waals surface area contributed by atoms with Gasteiger partial charge in [-0.2, -0.15) is 0 Å². The molecule has 0 N–H and O–H groups in total. The van der Waals surface area contributed by atoms with E-state index in [1.165, 1.54) is 24.3 Å². The lowest BCUT2D eigenvalue weighted by atomic mass is 10.1. The largest absolute Gasteiger partial charge is 0.457 e. The Morgan fingerprint density at radius 2 is 1.53 bits per heavy atom. The van der Waals surface area contributed by atoms with Gasteiger partial charge in [-0.1, -0.05) is 34.1 Å². The monoisotopic (exact) mass is 521 g/mol. The van der Waals surface area contributed by atoms with E-state index in [0.717, 1.165) is 10.2 Å². The molecule has 0 radical (unpaired) electrons. The standard InChI is InChI=1S/C26H20BrNO6/c27-20-10-6-18(7-11-20)26(32)34-22-12-8-17(9-13-22)23(29)16-33-25(31)19-14-24(30)28(15-19)21-4-2-1-3-5-21/h1-13,19H,14-16H2/t19-/m1/s1. The summed E-state index contributed by atoms with van der Waals surface area (Å²) in [4.78, 5) is 50.9. The van der Waals surface area contributed by atoms with Crippen molar-refractivity contribution in [2.45, 2.75) is 6.42 Å². The van der Waals surface area contributed by atoms with Gasteiger partial charge in [0.15, 0.2) is 12.4 Å². The molecular weight excluding hydrogens is 502 g/mol. The van der Waals surface area contributed by atoms with E-state index < -0.39 is 30.2 Å². The Labute approximate surface area is 204 Å². The number of halogens is 1. The van der Waals surface area contributed by atoms with Gasteiger partial charge in [-0.3, -0.25) is 14.4 Å². The van der Waals surface area contributed by atoms with Gasteiger partial charge in [0.1, 0.15) is 5.75 Å². The maximum Gasteiger partial charge on any atom is 0.343 e. The zero-order valence-electron chi connectivity index (χ0n) is 18.0. The maximum atomic E-state index is 12.4. The van der Waals surface area contributed by atoms with Crippen LogP contribution in [0, 0.1) is 5.92 Å². The Balaban J connectivity index is 1.28. The molecule has 3 aromatic carbocycles. The molecule has 4 rings (SSSR count). The highest BCUT2D eigenvalue weighted by molar-refractivity contribution is 9.10. The zero-order chi connectivity index (χ0) is 24.1. The van der Waals surface area contributed by atoms with Crippen LogP contribution in [-0.2, 0) is 14.3 Å². The lowest BCUT2D eigenvalue weighted by Gasteiger charge is -2.16. The quantitative estimate of drug-likeness (QED) is 0.259. The van der Waals surface area contributed by atoms with Crippen LogP contribution in [0.15, 0.2) is 83.3 Å². The number of nitrogens with zero attached hydrogens (tertiary/aromatic N) is 1. The summed E-state index contributed by atoms with van der Waals surface area (Å²) in [5, 5.41) is 0. The van der Waals surface area contributed by atoms with Crippen molar-refractivity contribution in [3.05, 3.63) is 94.5 Å². The predicted molar refractivity (Wildman–Crippen MR) is 128 cm³/mol. The summed E-state index contributed by atoms with van der Waals surface area (Å²) in [6, 6.07) is 21.8. The third-order valence-electron chi connectivity index (χ3n) is 5.34. The van der Waals surface area contributed by atoms with Crippen molar-refractivity contribution in [3.8, 4) is 5.75 Å². The molecule has 1 aliphatic rings. The second-order valence-electron chi connectivity index (χ2n) is 7.69. The topological polar surface area (TPSA) is 90.0 Å². The van der Waals surface area contributed by atoms with Gasteiger partial charge in [0, 0.05) is 28.7 Å². The third-order valence-corrected chi connectivity index (χ3v) is 5.87. The molecule has 3 aromatic rings. The first-order valence-electron chi connectivity index (χ1n) is 10.5. The van der Waals surface area contributed by atoms with Gasteiger partial charge in [-0.25, -0.2) is 4.79 Å². The van der Waals surface area contributed by atoms with Crippen molar-refractivity contribution in [1.82, 2.24) is 0 Å². The summed E-state index contributed by atoms with van der Waals surface area (Å²) in [5.41, 5.74) is 1.43. The second kappa shape index (κ2) is 10.4. The van der Waals surface area contributed by atoms with E-state index in [1.807, 2.05) is 18.2 Å². The lowest BCUT2D eigenvalue weighted by molar-refractivity contribution is -0.147. The van der Waals surface area contributed by atoms with Crippen LogP contribution < -0.4 is 9.64 Å². The van der Waals surface area contributed by atoms with Crippen LogP contribution in [-0.4, -0.2) is 36.8 Å². The number of rotatable bonds is 7. The van der Waals surface area contributed by atoms with Crippen LogP contribution in [0.5, 0.6) is 5.75 Å². The Morgan fingerprint density at radius 3 is 2.21 bits per heavy atom. The molecule has 8 heteroatoms. The molecule has 0 saturated carbocycles. The van der Waals surface area contributed by atoms with Crippen molar-refractivity contribution in [1.29, 1.82) is 0 Å². The molecule has 1 atom stereocenters. The van der Waals surface area contributed by atoms with Gasteiger partial charge >= 0.3 is 11.9 Å². The number of ether oxygens (including phenoxy) is 2. The molecule has 1 heterocycles. The first-order chi connectivity index (χ1) is 16.4. The van der Waals surface area contributed by atoms with E-state index >= 15 is 0 Å². The SMILES string of the molecule is O=C(COC(=O)[C@@H]1CC(=O)N(c2ccccc2)C1)c1ccc(OC(=O)c2ccc(Br)cc2)cc1. The first kappa shape index (κ1) is 23.4. The number of benzene rings is 3. The van der Waals surface area contributed by atoms with E-state index in [2.05, 4.69) is 15.9 Å². The first-order valence-corrected chi connectivity index (χ1v) is 11.3. The van der Waals surface area contributed by atoms with Crippen LogP contribution in [0.25, 0.3) is 0 Å². The molecule has 0 bridgehead atoms. The van der Waals surface area contributed by atoms with E-state index in [-0.39, 0.29) is 24.6 Å². The molecule has 1 fully saturated rings. The molecule has 7 nitrogen and oxygen atoms in total. The average Bonchev–Trinajstić information content (AvgIpc) is 3.25. The summed E-state index contributed by atoms with van der Waals surface area (Å²) in [5.74, 6) is -2.00. The van der Waals surface area contributed by atoms with E-state index in [9.17, 15) is 19.2 Å². The van der Waals surface area contributed by atoms with Gasteiger partial charge in [0.05, 0.1) is 11.5 Å². The number of Topliss-reactive ketones (excluding diaryl/α,β-unsaturated/α-hetero) is 1. The number of carbonyl (C=O) groups excluding carboxylic acids is 4. The Hall–Kier alpha value is -3.78. The van der Waals surface area contributed by atoms with E-state index in [0.29, 0.717) is 11.1 Å². The normalized spacial score (nSPS) is 15.1. The summed E-state index contributed by atoms with van der Waals surface area (Å²) >= 11 is 3.31. The van der Waals surface area contributed by atoms with Crippen LogP contribution in [0.4, 0.5) is 5.69 Å².